The Balaban J connectivity index is 0.000000577. The Morgan fingerprint density at radius 1 is 0.210 bits per heavy atom. The fourth-order valence-electron chi connectivity index (χ4n) is 7.01. The van der Waals surface area contributed by atoms with Crippen molar-refractivity contribution in [3.8, 4) is 45.6 Å². The van der Waals surface area contributed by atoms with Gasteiger partial charge in [0.25, 0.3) is 0 Å². The topological polar surface area (TPSA) is 384 Å². The molecule has 0 amide bonds. The SMILES string of the molecule is O=C([O-])c1ccc(Cl)cc1.O=C([O-])c1ccc(Cl)cc1.O=C([O-])c1ccc(Cl)cc1.O=C([O-])c1ccc(Cl)cc1.O=C([O-])c1ccc(Cl)cc1.O=C([O-])c1ccc(Cl)cc1.[Eu+3].[Eu+3].[OH3+].[OH3+].c1ccc(-c2cccc(-c3ccccn3)n2)nc1.c1ccc(-c2cccc(-c3ccccn3)n2)nc1. The Kier molecular flexibility index (Phi) is 44.4. The van der Waals surface area contributed by atoms with Crippen LogP contribution in [0, 0.1) is 98.8 Å². The maximum absolute atomic E-state index is 10.2. The standard InChI is InChI=1S/2C15H11N3.6C7H5ClO2.2Eu.2H2O/c2*1-3-10-16-12(6-1)14-8-5-9-15(18-14)13-7-2-4-11-17-13;6*8-6-3-1-5(2-4-6)7(9)10;;;;/h2*1-11H;6*1-4H,(H,9,10);;;2*1H2/q;;;;;;;;2*+3;;/p-4. The number of benzene rings is 6. The smallest absolute Gasteiger partial charge is 0.545 e. The number of aromatic nitrogens is 6. The van der Waals surface area contributed by atoms with Gasteiger partial charge in [-0.1, -0.05) is 179 Å². The van der Waals surface area contributed by atoms with E-state index < -0.39 is 35.8 Å². The van der Waals surface area contributed by atoms with Gasteiger partial charge in [-0.05, 0) is 179 Å². The number of carbonyl (C=O) groups excluding carboxylic acids is 6. The maximum Gasteiger partial charge on any atom is 3.00 e. The van der Waals surface area contributed by atoms with Crippen LogP contribution in [-0.2, 0) is 11.0 Å². The van der Waals surface area contributed by atoms with E-state index in [1.165, 1.54) is 146 Å². The normalized spacial score (nSPS) is 9.26. The second-order valence-corrected chi connectivity index (χ2v) is 21.1. The van der Waals surface area contributed by atoms with Crippen LogP contribution in [-0.4, -0.2) is 65.7 Å². The van der Waals surface area contributed by atoms with Crippen LogP contribution in [0.1, 0.15) is 62.1 Å². The number of hydrogen-bond donors (Lipinski definition) is 0. The van der Waals surface area contributed by atoms with Crippen molar-refractivity contribution >= 4 is 105 Å². The molecule has 0 bridgehead atoms. The van der Waals surface area contributed by atoms with E-state index in [0.29, 0.717) is 30.1 Å². The van der Waals surface area contributed by atoms with Gasteiger partial charge in [0.1, 0.15) is 0 Å². The Morgan fingerprint density at radius 2 is 0.350 bits per heavy atom. The molecule has 6 aromatic heterocycles. The molecule has 0 saturated carbocycles. The zero-order valence-corrected chi connectivity index (χ0v) is 60.7. The van der Waals surface area contributed by atoms with Crippen LogP contribution in [0.3, 0.4) is 0 Å². The molecule has 0 unspecified atom stereocenters. The summed E-state index contributed by atoms with van der Waals surface area (Å²) in [5, 5.41) is 64.1. The Labute approximate surface area is 684 Å². The molecule has 6 N–H and O–H groups in total. The molecule has 0 aliphatic carbocycles. The number of pyridine rings is 6. The van der Waals surface area contributed by atoms with Crippen molar-refractivity contribution in [1.82, 2.24) is 29.9 Å². The van der Waals surface area contributed by atoms with Gasteiger partial charge in [-0.15, -0.1) is 0 Å². The summed E-state index contributed by atoms with van der Waals surface area (Å²) in [5.41, 5.74) is 7.78. The quantitative estimate of drug-likeness (QED) is 0.115. The van der Waals surface area contributed by atoms with Crippen LogP contribution < -0.4 is 30.6 Å². The van der Waals surface area contributed by atoms with E-state index in [1.807, 2.05) is 109 Å². The largest absolute Gasteiger partial charge is 3.00 e. The number of carboxylic acids is 6. The van der Waals surface area contributed by atoms with E-state index in [1.54, 1.807) is 24.8 Å². The number of rotatable bonds is 10. The van der Waals surface area contributed by atoms with Crippen LogP contribution in [0.5, 0.6) is 0 Å². The molecule has 0 fully saturated rings. The molecule has 12 rings (SSSR count). The maximum atomic E-state index is 10.2. The molecule has 0 spiro atoms. The van der Waals surface area contributed by atoms with Crippen LogP contribution >= 0.6 is 69.6 Å². The minimum atomic E-state index is -1.18. The number of nitrogens with zero attached hydrogens (tertiary/aromatic N) is 6. The van der Waals surface area contributed by atoms with Crippen molar-refractivity contribution in [3.05, 3.63) is 343 Å². The fraction of sp³-hybridized carbons (Fsp3) is 0. The van der Waals surface area contributed by atoms with Gasteiger partial charge in [0.15, 0.2) is 0 Å². The van der Waals surface area contributed by atoms with Gasteiger partial charge in [-0.2, -0.15) is 0 Å². The molecule has 6 heterocycles. The number of carboxylic acid groups (broad SMARTS) is 6. The molecule has 0 atom stereocenters. The molecular weight excluding hydrogens is 1690 g/mol. The molecule has 0 radical (unpaired) electrons. The first-order chi connectivity index (χ1) is 46.1. The monoisotopic (exact) mass is 1740 g/mol. The average molecular weight is 1740 g/mol. The third kappa shape index (κ3) is 34.3. The van der Waals surface area contributed by atoms with Crippen molar-refractivity contribution in [2.45, 2.75) is 0 Å². The minimum absolute atomic E-state index is 0. The van der Waals surface area contributed by atoms with E-state index in [9.17, 15) is 59.4 Å². The summed E-state index contributed by atoms with van der Waals surface area (Å²) in [7, 11) is 0. The molecule has 12 aromatic rings. The molecule has 20 nitrogen and oxygen atoms in total. The summed E-state index contributed by atoms with van der Waals surface area (Å²) in [6.45, 7) is 0. The molecule has 6 aromatic carbocycles. The first-order valence-corrected chi connectivity index (χ1v) is 29.7. The van der Waals surface area contributed by atoms with E-state index in [-0.39, 0.29) is 143 Å². The van der Waals surface area contributed by atoms with Crippen molar-refractivity contribution in [1.29, 1.82) is 0 Å². The Hall–Kier alpha value is -8.13. The second kappa shape index (κ2) is 49.4. The van der Waals surface area contributed by atoms with Crippen molar-refractivity contribution in [3.63, 3.8) is 0 Å². The minimum Gasteiger partial charge on any atom is -0.545 e. The zero-order chi connectivity index (χ0) is 69.8. The van der Waals surface area contributed by atoms with Gasteiger partial charge >= 0.3 is 98.8 Å². The molecule has 28 heteroatoms. The summed E-state index contributed by atoms with van der Waals surface area (Å²) in [6.07, 6.45) is 7.07. The summed E-state index contributed by atoms with van der Waals surface area (Å²) in [5.74, 6) is -7.10. The summed E-state index contributed by atoms with van der Waals surface area (Å²) < 4.78 is 0. The van der Waals surface area contributed by atoms with Gasteiger partial charge in [0, 0.05) is 54.9 Å². The summed E-state index contributed by atoms with van der Waals surface area (Å²) in [4.78, 5) is 87.3. The van der Waals surface area contributed by atoms with Gasteiger partial charge in [-0.3, -0.25) is 19.9 Å². The Morgan fingerprint density at radius 3 is 0.470 bits per heavy atom. The van der Waals surface area contributed by atoms with E-state index >= 15 is 0 Å². The first-order valence-electron chi connectivity index (χ1n) is 27.5. The number of aromatic carboxylic acids is 6. The van der Waals surface area contributed by atoms with Crippen LogP contribution in [0.25, 0.3) is 45.6 Å². The molecule has 0 saturated heterocycles. The van der Waals surface area contributed by atoms with Crippen LogP contribution in [0.4, 0.5) is 0 Å². The predicted octanol–water partition coefficient (Wildman–Crippen LogP) is 8.79. The van der Waals surface area contributed by atoms with E-state index in [4.69, 9.17) is 69.6 Å². The number of carbonyl (C=O) groups is 6. The summed E-state index contributed by atoms with van der Waals surface area (Å²) >= 11 is 33.0. The second-order valence-electron chi connectivity index (χ2n) is 18.4. The number of hydrogen-bond acceptors (Lipinski definition) is 18. The fourth-order valence-corrected chi connectivity index (χ4v) is 7.77. The van der Waals surface area contributed by atoms with Gasteiger partial charge in [-0.25, -0.2) is 9.97 Å². The average Bonchev–Trinajstić information content (AvgIpc) is 0.848. The van der Waals surface area contributed by atoms with Crippen molar-refractivity contribution < 1.29 is 169 Å². The van der Waals surface area contributed by atoms with Gasteiger partial charge < -0.3 is 70.4 Å². The number of halogens is 6. The third-order valence-corrected chi connectivity index (χ3v) is 13.2. The summed E-state index contributed by atoms with van der Waals surface area (Å²) in [6, 6.07) is 69.8. The molecular formula is C72H52Cl6Eu2N6O14+2. The molecule has 0 aliphatic heterocycles. The van der Waals surface area contributed by atoms with Crippen molar-refractivity contribution in [2.24, 2.45) is 0 Å². The van der Waals surface area contributed by atoms with Crippen LogP contribution in [0.15, 0.2) is 280 Å². The van der Waals surface area contributed by atoms with Crippen molar-refractivity contribution in [2.75, 3.05) is 0 Å². The third-order valence-electron chi connectivity index (χ3n) is 11.7. The van der Waals surface area contributed by atoms with E-state index in [2.05, 4.69) is 29.9 Å². The van der Waals surface area contributed by atoms with Gasteiger partial charge in [0.05, 0.1) is 81.4 Å². The molecule has 0 aliphatic rings. The Bertz CT molecular complexity index is 3750. The zero-order valence-electron chi connectivity index (χ0n) is 51.3. The first kappa shape index (κ1) is 89.9. The predicted molar refractivity (Wildman–Crippen MR) is 366 cm³/mol. The molecule has 100 heavy (non-hydrogen) atoms. The molecule has 508 valence electrons. The van der Waals surface area contributed by atoms with Crippen LogP contribution in [0.2, 0.25) is 30.1 Å². The van der Waals surface area contributed by atoms with E-state index in [0.717, 1.165) is 45.6 Å². The van der Waals surface area contributed by atoms with Gasteiger partial charge in [0.2, 0.25) is 0 Å².